The Labute approximate surface area is 106 Å². The minimum atomic E-state index is -0.461. The summed E-state index contributed by atoms with van der Waals surface area (Å²) >= 11 is 0. The van der Waals surface area contributed by atoms with Crippen LogP contribution < -0.4 is 5.32 Å². The van der Waals surface area contributed by atoms with Crippen LogP contribution in [0.2, 0.25) is 0 Å². The summed E-state index contributed by atoms with van der Waals surface area (Å²) in [4.78, 5) is 37.1. The molecule has 98 valence electrons. The maximum absolute atomic E-state index is 12.3. The molecule has 1 aliphatic heterocycles. The number of carbonyl (C=O) groups excluding carboxylic acids is 3. The highest BCUT2D eigenvalue weighted by Gasteiger charge is 2.52. The Balaban J connectivity index is 1.66. The number of nitrogens with zero attached hydrogens (tertiary/aromatic N) is 1. The molecule has 5 heteroatoms. The first kappa shape index (κ1) is 11.7. The van der Waals surface area contributed by atoms with Crippen molar-refractivity contribution in [3.8, 4) is 0 Å². The second kappa shape index (κ2) is 4.07. The zero-order valence-corrected chi connectivity index (χ0v) is 10.4. The highest BCUT2D eigenvalue weighted by molar-refractivity contribution is 6.08. The van der Waals surface area contributed by atoms with Gasteiger partial charge in [-0.05, 0) is 25.7 Å². The molecule has 0 aromatic carbocycles. The molecule has 0 radical (unpaired) electrons. The number of likely N-dealkylation sites (tertiary alicyclic amines) is 1. The minimum absolute atomic E-state index is 0.0874. The Kier molecular flexibility index (Phi) is 2.64. The molecule has 18 heavy (non-hydrogen) atoms. The van der Waals surface area contributed by atoms with Crippen molar-refractivity contribution in [1.29, 1.82) is 0 Å². The maximum atomic E-state index is 12.3. The number of carbonyl (C=O) groups is 3. The largest absolute Gasteiger partial charge is 0.352 e. The van der Waals surface area contributed by atoms with Gasteiger partial charge in [0.05, 0.1) is 5.41 Å². The molecule has 3 amide bonds. The molecule has 0 unspecified atom stereocenters. The van der Waals surface area contributed by atoms with Crippen LogP contribution in [0.15, 0.2) is 0 Å². The van der Waals surface area contributed by atoms with E-state index in [2.05, 4.69) is 5.32 Å². The van der Waals surface area contributed by atoms with E-state index in [0.29, 0.717) is 6.42 Å². The third-order valence-corrected chi connectivity index (χ3v) is 4.29. The van der Waals surface area contributed by atoms with Gasteiger partial charge in [-0.2, -0.15) is 0 Å². The molecule has 0 aromatic rings. The lowest BCUT2D eigenvalue weighted by Crippen LogP contribution is -2.42. The van der Waals surface area contributed by atoms with Gasteiger partial charge in [-0.15, -0.1) is 0 Å². The summed E-state index contributed by atoms with van der Waals surface area (Å²) in [5.41, 5.74) is -0.461. The number of rotatable bonds is 3. The maximum Gasteiger partial charge on any atom is 0.240 e. The van der Waals surface area contributed by atoms with Crippen molar-refractivity contribution in [2.45, 2.75) is 51.0 Å². The normalized spacial score (nSPS) is 26.1. The Morgan fingerprint density at radius 1 is 1.28 bits per heavy atom. The molecular weight excluding hydrogens is 232 g/mol. The van der Waals surface area contributed by atoms with Gasteiger partial charge in [0.2, 0.25) is 17.7 Å². The van der Waals surface area contributed by atoms with Crippen LogP contribution in [0.3, 0.4) is 0 Å². The zero-order chi connectivity index (χ0) is 12.8. The fourth-order valence-electron chi connectivity index (χ4n) is 3.11. The lowest BCUT2D eigenvalue weighted by Gasteiger charge is -2.20. The van der Waals surface area contributed by atoms with E-state index < -0.39 is 5.41 Å². The molecule has 3 fully saturated rings. The smallest absolute Gasteiger partial charge is 0.240 e. The Hall–Kier alpha value is -1.39. The molecule has 0 atom stereocenters. The molecule has 1 spiro atoms. The average Bonchev–Trinajstić information content (AvgIpc) is 2.95. The van der Waals surface area contributed by atoms with Crippen molar-refractivity contribution >= 4 is 17.7 Å². The molecule has 1 heterocycles. The van der Waals surface area contributed by atoms with Crippen molar-refractivity contribution in [2.24, 2.45) is 5.41 Å². The van der Waals surface area contributed by atoms with Crippen molar-refractivity contribution in [3.63, 3.8) is 0 Å². The molecule has 1 N–H and O–H groups in total. The van der Waals surface area contributed by atoms with Crippen LogP contribution in [0.25, 0.3) is 0 Å². The number of imide groups is 1. The van der Waals surface area contributed by atoms with E-state index in [4.69, 9.17) is 0 Å². The van der Waals surface area contributed by atoms with Crippen LogP contribution in [0, 0.1) is 5.41 Å². The molecule has 3 rings (SSSR count). The molecule has 3 aliphatic rings. The number of nitrogens with one attached hydrogen (secondary N) is 1. The first-order valence-corrected chi connectivity index (χ1v) is 6.75. The molecule has 5 nitrogen and oxygen atoms in total. The Morgan fingerprint density at radius 2 is 1.94 bits per heavy atom. The topological polar surface area (TPSA) is 66.5 Å². The Morgan fingerprint density at radius 3 is 2.56 bits per heavy atom. The van der Waals surface area contributed by atoms with Gasteiger partial charge in [-0.25, -0.2) is 0 Å². The number of hydrogen-bond donors (Lipinski definition) is 1. The summed E-state index contributed by atoms with van der Waals surface area (Å²) in [5, 5.41) is 2.82. The second-order valence-electron chi connectivity index (χ2n) is 5.79. The van der Waals surface area contributed by atoms with E-state index in [1.165, 1.54) is 4.90 Å². The number of amides is 3. The van der Waals surface area contributed by atoms with Crippen LogP contribution in [0.1, 0.15) is 44.9 Å². The molecular formula is C13H18N2O3. The highest BCUT2D eigenvalue weighted by atomic mass is 16.2. The number of hydrogen-bond acceptors (Lipinski definition) is 3. The van der Waals surface area contributed by atoms with Gasteiger partial charge in [-0.1, -0.05) is 12.8 Å². The van der Waals surface area contributed by atoms with E-state index in [9.17, 15) is 14.4 Å². The summed E-state index contributed by atoms with van der Waals surface area (Å²) < 4.78 is 0. The second-order valence-corrected chi connectivity index (χ2v) is 5.79. The molecule has 2 aliphatic carbocycles. The molecule has 0 bridgehead atoms. The minimum Gasteiger partial charge on any atom is -0.352 e. The van der Waals surface area contributed by atoms with Gasteiger partial charge in [-0.3, -0.25) is 19.3 Å². The summed E-state index contributed by atoms with van der Waals surface area (Å²) in [6.45, 7) is -0.0874. The van der Waals surface area contributed by atoms with Crippen LogP contribution in [-0.4, -0.2) is 35.2 Å². The van der Waals surface area contributed by atoms with Gasteiger partial charge >= 0.3 is 0 Å². The fraction of sp³-hybridized carbons (Fsp3) is 0.769. The first-order valence-electron chi connectivity index (χ1n) is 6.75. The highest BCUT2D eigenvalue weighted by Crippen LogP contribution is 2.46. The van der Waals surface area contributed by atoms with Crippen LogP contribution >= 0.6 is 0 Å². The van der Waals surface area contributed by atoms with Gasteiger partial charge in [0.15, 0.2) is 0 Å². The molecule has 1 saturated heterocycles. The predicted molar refractivity (Wildman–Crippen MR) is 63.4 cm³/mol. The summed E-state index contributed by atoms with van der Waals surface area (Å²) in [5.74, 6) is -0.488. The van der Waals surface area contributed by atoms with Crippen molar-refractivity contribution in [1.82, 2.24) is 10.2 Å². The third kappa shape index (κ3) is 1.91. The monoisotopic (exact) mass is 250 g/mol. The van der Waals surface area contributed by atoms with Gasteiger partial charge < -0.3 is 5.32 Å². The van der Waals surface area contributed by atoms with E-state index in [0.717, 1.165) is 38.5 Å². The lowest BCUT2D eigenvalue weighted by atomic mass is 9.84. The zero-order valence-electron chi connectivity index (χ0n) is 10.4. The standard InChI is InChI=1S/C13H18N2O3/c16-10(14-9-3-4-9)8-15-11(17)7-13(12(15)18)5-1-2-6-13/h9H,1-8H2,(H,14,16). The van der Waals surface area contributed by atoms with Crippen LogP contribution in [0.4, 0.5) is 0 Å². The van der Waals surface area contributed by atoms with Crippen molar-refractivity contribution in [2.75, 3.05) is 6.54 Å². The third-order valence-electron chi connectivity index (χ3n) is 4.29. The average molecular weight is 250 g/mol. The van der Waals surface area contributed by atoms with Crippen molar-refractivity contribution in [3.05, 3.63) is 0 Å². The van der Waals surface area contributed by atoms with E-state index in [1.807, 2.05) is 0 Å². The molecule has 0 aromatic heterocycles. The molecule has 2 saturated carbocycles. The van der Waals surface area contributed by atoms with Gasteiger partial charge in [0.25, 0.3) is 0 Å². The van der Waals surface area contributed by atoms with E-state index >= 15 is 0 Å². The predicted octanol–water partition coefficient (Wildman–Crippen LogP) is 0.584. The van der Waals surface area contributed by atoms with Crippen molar-refractivity contribution < 1.29 is 14.4 Å². The summed E-state index contributed by atoms with van der Waals surface area (Å²) in [6.07, 6.45) is 5.97. The van der Waals surface area contributed by atoms with Gasteiger partial charge in [0, 0.05) is 12.5 Å². The van der Waals surface area contributed by atoms with Gasteiger partial charge in [0.1, 0.15) is 6.54 Å². The van der Waals surface area contributed by atoms with E-state index in [-0.39, 0.29) is 30.3 Å². The fourth-order valence-corrected chi connectivity index (χ4v) is 3.11. The quantitative estimate of drug-likeness (QED) is 0.745. The summed E-state index contributed by atoms with van der Waals surface area (Å²) in [6, 6.07) is 0.269. The first-order chi connectivity index (χ1) is 8.61. The van der Waals surface area contributed by atoms with Crippen LogP contribution in [-0.2, 0) is 14.4 Å². The Bertz CT molecular complexity index is 408. The summed E-state index contributed by atoms with van der Waals surface area (Å²) in [7, 11) is 0. The van der Waals surface area contributed by atoms with Crippen LogP contribution in [0.5, 0.6) is 0 Å². The van der Waals surface area contributed by atoms with E-state index in [1.54, 1.807) is 0 Å². The SMILES string of the molecule is O=C(CN1C(=O)CC2(CCCC2)C1=O)NC1CC1. The lowest BCUT2D eigenvalue weighted by molar-refractivity contribution is -0.144.